The fourth-order valence-corrected chi connectivity index (χ4v) is 4.54. The number of carboxylic acid groups (broad SMARTS) is 1. The second-order valence-electron chi connectivity index (χ2n) is 8.31. The summed E-state index contributed by atoms with van der Waals surface area (Å²) in [6.07, 6.45) is 9.84. The molecule has 2 aromatic carbocycles. The summed E-state index contributed by atoms with van der Waals surface area (Å²) in [5.41, 5.74) is 2.23. The van der Waals surface area contributed by atoms with Crippen molar-refractivity contribution in [3.8, 4) is 11.1 Å². The average Bonchev–Trinajstić information content (AvgIpc) is 3.04. The number of benzene rings is 2. The van der Waals surface area contributed by atoms with Crippen LogP contribution in [-0.4, -0.2) is 33.3 Å². The summed E-state index contributed by atoms with van der Waals surface area (Å²) in [6.45, 7) is 2.54. The van der Waals surface area contributed by atoms with E-state index < -0.39 is 11.5 Å². The maximum absolute atomic E-state index is 13.4. The molecule has 2 aromatic rings. The van der Waals surface area contributed by atoms with Crippen molar-refractivity contribution in [2.75, 3.05) is 0 Å². The molecule has 2 aliphatic rings. The molecule has 0 saturated heterocycles. The van der Waals surface area contributed by atoms with Crippen LogP contribution in [0, 0.1) is 0 Å². The zero-order valence-corrected chi connectivity index (χ0v) is 17.9. The lowest BCUT2D eigenvalue weighted by Gasteiger charge is -2.29. The van der Waals surface area contributed by atoms with E-state index in [9.17, 15) is 14.7 Å². The molecule has 1 heterocycles. The number of carbonyl (C=O) groups excluding carboxylic acids is 1. The number of aromatic carboxylic acids is 1. The zero-order valence-electron chi connectivity index (χ0n) is 17.9. The van der Waals surface area contributed by atoms with E-state index in [1.165, 1.54) is 6.42 Å². The van der Waals surface area contributed by atoms with Crippen molar-refractivity contribution in [3.63, 3.8) is 0 Å². The maximum atomic E-state index is 13.4. The highest BCUT2D eigenvalue weighted by Gasteiger charge is 2.47. The topological polar surface area (TPSA) is 70.0 Å². The number of hydrogen-bond donors (Lipinski definition) is 1. The Kier molecular flexibility index (Phi) is 6.03. The van der Waals surface area contributed by atoms with Crippen molar-refractivity contribution in [1.82, 2.24) is 4.90 Å². The molecule has 1 spiro atoms. The van der Waals surface area contributed by atoms with Crippen LogP contribution >= 0.6 is 0 Å². The first kappa shape index (κ1) is 21.0. The summed E-state index contributed by atoms with van der Waals surface area (Å²) in [5, 5.41) is 9.46. The number of carbonyl (C=O) groups is 2. The van der Waals surface area contributed by atoms with Gasteiger partial charge in [0.1, 0.15) is 11.4 Å². The maximum Gasteiger partial charge on any atom is 0.336 e. The van der Waals surface area contributed by atoms with Crippen molar-refractivity contribution in [3.05, 3.63) is 71.8 Å². The van der Waals surface area contributed by atoms with Gasteiger partial charge in [0.25, 0.3) is 5.91 Å². The number of nitrogens with zero attached hydrogens (tertiary/aromatic N) is 2. The van der Waals surface area contributed by atoms with E-state index in [-0.39, 0.29) is 11.5 Å². The molecule has 31 heavy (non-hydrogen) atoms. The number of rotatable bonds is 6. The fourth-order valence-electron chi connectivity index (χ4n) is 4.54. The fraction of sp³-hybridized carbons (Fsp3) is 0.346. The Morgan fingerprint density at radius 3 is 2.48 bits per heavy atom. The van der Waals surface area contributed by atoms with Crippen LogP contribution < -0.4 is 0 Å². The van der Waals surface area contributed by atoms with E-state index in [1.54, 1.807) is 12.1 Å². The summed E-state index contributed by atoms with van der Waals surface area (Å²) >= 11 is 0. The number of amides is 1. The zero-order chi connectivity index (χ0) is 21.8. The molecule has 1 amide bonds. The minimum absolute atomic E-state index is 0.114. The van der Waals surface area contributed by atoms with Gasteiger partial charge in [-0.25, -0.2) is 4.79 Å². The van der Waals surface area contributed by atoms with Crippen molar-refractivity contribution in [2.45, 2.75) is 57.5 Å². The summed E-state index contributed by atoms with van der Waals surface area (Å²) in [6, 6.07) is 14.8. The van der Waals surface area contributed by atoms with Gasteiger partial charge in [-0.3, -0.25) is 14.7 Å². The van der Waals surface area contributed by atoms with Gasteiger partial charge in [0.2, 0.25) is 0 Å². The normalized spacial score (nSPS) is 18.0. The van der Waals surface area contributed by atoms with Crippen molar-refractivity contribution in [2.24, 2.45) is 4.99 Å². The van der Waals surface area contributed by atoms with Crippen LogP contribution in [-0.2, 0) is 11.3 Å². The second-order valence-corrected chi connectivity index (χ2v) is 8.31. The lowest BCUT2D eigenvalue weighted by atomic mass is 9.82. The number of carboxylic acids is 1. The Hall–Kier alpha value is -3.21. The molecule has 1 saturated carbocycles. The summed E-state index contributed by atoms with van der Waals surface area (Å²) in [7, 11) is 0. The Balaban J connectivity index is 1.58. The largest absolute Gasteiger partial charge is 0.478 e. The molecule has 160 valence electrons. The summed E-state index contributed by atoms with van der Waals surface area (Å²) < 4.78 is 0. The monoisotopic (exact) mass is 416 g/mol. The number of allylic oxidation sites excluding steroid dienone is 1. The molecule has 0 unspecified atom stereocenters. The van der Waals surface area contributed by atoms with E-state index >= 15 is 0 Å². The molecule has 1 aliphatic carbocycles. The average molecular weight is 417 g/mol. The van der Waals surface area contributed by atoms with Gasteiger partial charge >= 0.3 is 5.97 Å². The predicted octanol–water partition coefficient (Wildman–Crippen LogP) is 5.46. The molecule has 0 atom stereocenters. The third-order valence-electron chi connectivity index (χ3n) is 6.19. The minimum atomic E-state index is -0.941. The van der Waals surface area contributed by atoms with Gasteiger partial charge in [-0.05, 0) is 48.1 Å². The summed E-state index contributed by atoms with van der Waals surface area (Å²) in [4.78, 5) is 31.6. The Morgan fingerprint density at radius 2 is 1.81 bits per heavy atom. The first-order chi connectivity index (χ1) is 15.0. The van der Waals surface area contributed by atoms with Gasteiger partial charge in [0, 0.05) is 0 Å². The molecular weight excluding hydrogens is 388 g/mol. The SMILES string of the molecule is CCC=CC1=NC2(CCCCC2)C(=O)N1Cc1ccc(-c2ccccc2C(=O)O)cc1. The van der Waals surface area contributed by atoms with Crippen LogP contribution in [0.5, 0.6) is 0 Å². The van der Waals surface area contributed by atoms with Gasteiger partial charge in [0.15, 0.2) is 0 Å². The van der Waals surface area contributed by atoms with Crippen LogP contribution in [0.15, 0.2) is 65.7 Å². The molecule has 5 nitrogen and oxygen atoms in total. The van der Waals surface area contributed by atoms with Gasteiger partial charge in [-0.2, -0.15) is 0 Å². The van der Waals surface area contributed by atoms with E-state index in [1.807, 2.05) is 53.5 Å². The highest BCUT2D eigenvalue weighted by atomic mass is 16.4. The summed E-state index contributed by atoms with van der Waals surface area (Å²) in [5.74, 6) is -0.0685. The smallest absolute Gasteiger partial charge is 0.336 e. The Bertz CT molecular complexity index is 1030. The highest BCUT2D eigenvalue weighted by molar-refractivity contribution is 6.12. The first-order valence-electron chi connectivity index (χ1n) is 11.0. The molecule has 0 aromatic heterocycles. The van der Waals surface area contributed by atoms with Crippen molar-refractivity contribution >= 4 is 17.7 Å². The van der Waals surface area contributed by atoms with Gasteiger partial charge < -0.3 is 5.11 Å². The lowest BCUT2D eigenvalue weighted by molar-refractivity contribution is -0.132. The van der Waals surface area contributed by atoms with Crippen LogP contribution in [0.4, 0.5) is 0 Å². The third-order valence-corrected chi connectivity index (χ3v) is 6.19. The van der Waals surface area contributed by atoms with E-state index in [2.05, 4.69) is 6.92 Å². The molecular formula is C26H28N2O3. The standard InChI is InChI=1S/C26H28N2O3/c1-2-3-11-23-27-26(16-7-4-8-17-26)25(31)28(23)18-19-12-14-20(15-13-19)21-9-5-6-10-22(21)24(29)30/h3,5-6,9-15H,2,4,7-8,16-18H2,1H3,(H,29,30). The predicted molar refractivity (Wildman–Crippen MR) is 122 cm³/mol. The molecule has 0 radical (unpaired) electrons. The molecule has 1 N–H and O–H groups in total. The third kappa shape index (κ3) is 4.18. The molecule has 4 rings (SSSR count). The Morgan fingerprint density at radius 1 is 1.10 bits per heavy atom. The van der Waals surface area contributed by atoms with Crippen LogP contribution in [0.3, 0.4) is 0 Å². The van der Waals surface area contributed by atoms with E-state index in [0.29, 0.717) is 12.1 Å². The first-order valence-corrected chi connectivity index (χ1v) is 11.0. The lowest BCUT2D eigenvalue weighted by Crippen LogP contribution is -2.43. The molecule has 5 heteroatoms. The van der Waals surface area contributed by atoms with E-state index in [4.69, 9.17) is 4.99 Å². The molecule has 1 aliphatic heterocycles. The van der Waals surface area contributed by atoms with Gasteiger partial charge in [-0.15, -0.1) is 0 Å². The van der Waals surface area contributed by atoms with Crippen LogP contribution in [0.25, 0.3) is 11.1 Å². The number of hydrogen-bond acceptors (Lipinski definition) is 3. The van der Waals surface area contributed by atoms with E-state index in [0.717, 1.165) is 49.1 Å². The highest BCUT2D eigenvalue weighted by Crippen LogP contribution is 2.38. The van der Waals surface area contributed by atoms with Crippen LogP contribution in [0.2, 0.25) is 0 Å². The molecule has 1 fully saturated rings. The van der Waals surface area contributed by atoms with Gasteiger partial charge in [-0.1, -0.05) is 74.7 Å². The van der Waals surface area contributed by atoms with Crippen molar-refractivity contribution in [1.29, 1.82) is 0 Å². The second kappa shape index (κ2) is 8.88. The van der Waals surface area contributed by atoms with Gasteiger partial charge in [0.05, 0.1) is 12.1 Å². The minimum Gasteiger partial charge on any atom is -0.478 e. The Labute approximate surface area is 183 Å². The number of aliphatic imine (C=N–C) groups is 1. The molecule has 0 bridgehead atoms. The number of amidine groups is 1. The van der Waals surface area contributed by atoms with Crippen LogP contribution in [0.1, 0.15) is 61.4 Å². The van der Waals surface area contributed by atoms with Crippen molar-refractivity contribution < 1.29 is 14.7 Å². The quantitative estimate of drug-likeness (QED) is 0.680.